The predicted molar refractivity (Wildman–Crippen MR) is 155 cm³/mol. The molecule has 0 unspecified atom stereocenters. The van der Waals surface area contributed by atoms with Gasteiger partial charge in [0.2, 0.25) is 0 Å². The first-order valence-electron chi connectivity index (χ1n) is 11.9. The minimum absolute atomic E-state index is 0.0348. The highest BCUT2D eigenvalue weighted by molar-refractivity contribution is 7.86. The number of anilines is 1. The Morgan fingerprint density at radius 2 is 1.21 bits per heavy atom. The molecular formula is C26H18N6O9S2. The Balaban J connectivity index is 1.63. The molecule has 0 saturated carbocycles. The molecule has 0 aliphatic rings. The first-order valence-corrected chi connectivity index (χ1v) is 14.8. The molecule has 0 radical (unpaired) electrons. The Labute approximate surface area is 242 Å². The number of phenols is 1. The van der Waals surface area contributed by atoms with Crippen LogP contribution >= 0.6 is 0 Å². The lowest BCUT2D eigenvalue weighted by Gasteiger charge is -2.09. The van der Waals surface area contributed by atoms with Crippen LogP contribution in [0.2, 0.25) is 0 Å². The SMILES string of the molecule is Nc1ccc(N=Nc2ccc(N=Nc3ccc([N+](=O)[O-])cc3)c3ccc(S(=O)(=O)O)cc23)c2c(O)cc(S(=O)(=O)O)cc12. The maximum atomic E-state index is 11.9. The first kappa shape index (κ1) is 29.1. The molecule has 0 spiro atoms. The molecule has 0 fully saturated rings. The van der Waals surface area contributed by atoms with Gasteiger partial charge in [0.05, 0.1) is 42.9 Å². The quantitative estimate of drug-likeness (QED) is 0.0503. The van der Waals surface area contributed by atoms with Crippen molar-refractivity contribution in [3.63, 3.8) is 0 Å². The third-order valence-electron chi connectivity index (χ3n) is 6.22. The van der Waals surface area contributed by atoms with Crippen LogP contribution in [0, 0.1) is 10.1 Å². The Hall–Kier alpha value is -5.36. The number of aromatic hydroxyl groups is 1. The summed E-state index contributed by atoms with van der Waals surface area (Å²) in [5.41, 5.74) is 6.68. The standard InChI is InChI=1S/C26H18N6O9S2/c27-21-7-8-24(26-20(21)12-17(13-25(26)33)43(39,40)41)31-30-23-10-9-22(18-6-5-16(11-19(18)23)42(36,37)38)29-28-14-1-3-15(4-2-14)32(34)35/h1-13,33H,27H2,(H,36,37,38)(H,39,40,41). The van der Waals surface area contributed by atoms with Gasteiger partial charge >= 0.3 is 0 Å². The summed E-state index contributed by atoms with van der Waals surface area (Å²) in [6.45, 7) is 0. The van der Waals surface area contributed by atoms with Gasteiger partial charge in [-0.3, -0.25) is 19.2 Å². The summed E-state index contributed by atoms with van der Waals surface area (Å²) in [4.78, 5) is 9.31. The van der Waals surface area contributed by atoms with Crippen molar-refractivity contribution in [2.24, 2.45) is 20.5 Å². The number of azo groups is 2. The topological polar surface area (TPSA) is 248 Å². The number of hydrogen-bond donors (Lipinski definition) is 4. The first-order chi connectivity index (χ1) is 20.2. The maximum Gasteiger partial charge on any atom is 0.294 e. The van der Waals surface area contributed by atoms with E-state index in [0.717, 1.165) is 24.3 Å². The molecule has 218 valence electrons. The smallest absolute Gasteiger partial charge is 0.294 e. The van der Waals surface area contributed by atoms with E-state index in [1.165, 1.54) is 54.6 Å². The van der Waals surface area contributed by atoms with Gasteiger partial charge in [0.25, 0.3) is 25.9 Å². The number of fused-ring (bicyclic) bond motifs is 2. The number of benzene rings is 5. The highest BCUT2D eigenvalue weighted by Crippen LogP contribution is 2.41. The van der Waals surface area contributed by atoms with E-state index < -0.39 is 40.7 Å². The van der Waals surface area contributed by atoms with E-state index in [0.29, 0.717) is 11.1 Å². The van der Waals surface area contributed by atoms with Crippen LogP contribution < -0.4 is 5.73 Å². The lowest BCUT2D eigenvalue weighted by atomic mass is 10.1. The third kappa shape index (κ3) is 5.99. The lowest BCUT2D eigenvalue weighted by molar-refractivity contribution is -0.384. The van der Waals surface area contributed by atoms with Crippen LogP contribution in [0.5, 0.6) is 5.75 Å². The summed E-state index contributed by atoms with van der Waals surface area (Å²) in [7, 11) is -9.27. The van der Waals surface area contributed by atoms with Crippen LogP contribution in [0.15, 0.2) is 109 Å². The summed E-state index contributed by atoms with van der Waals surface area (Å²) in [5, 5.41) is 38.7. The largest absolute Gasteiger partial charge is 0.507 e. The number of nitrogens with two attached hydrogens (primary N) is 1. The molecule has 17 heteroatoms. The van der Waals surface area contributed by atoms with Gasteiger partial charge in [-0.2, -0.15) is 21.9 Å². The van der Waals surface area contributed by atoms with Crippen molar-refractivity contribution in [2.45, 2.75) is 9.79 Å². The second-order valence-electron chi connectivity index (χ2n) is 8.97. The fourth-order valence-electron chi connectivity index (χ4n) is 4.16. The third-order valence-corrected chi connectivity index (χ3v) is 7.90. The molecule has 15 nitrogen and oxygen atoms in total. The number of nitrogens with zero attached hydrogens (tertiary/aromatic N) is 5. The number of nitrogen functional groups attached to an aromatic ring is 1. The number of nitro benzene ring substituents is 1. The van der Waals surface area contributed by atoms with E-state index in [1.807, 2.05) is 0 Å². The van der Waals surface area contributed by atoms with Crippen molar-refractivity contribution in [1.82, 2.24) is 0 Å². The zero-order chi connectivity index (χ0) is 31.1. The molecule has 43 heavy (non-hydrogen) atoms. The van der Waals surface area contributed by atoms with Crippen LogP contribution in [0.3, 0.4) is 0 Å². The van der Waals surface area contributed by atoms with Crippen molar-refractivity contribution in [1.29, 1.82) is 0 Å². The highest BCUT2D eigenvalue weighted by Gasteiger charge is 2.18. The van der Waals surface area contributed by atoms with Crippen molar-refractivity contribution in [2.75, 3.05) is 5.73 Å². The highest BCUT2D eigenvalue weighted by atomic mass is 32.2. The molecule has 0 bridgehead atoms. The Morgan fingerprint density at radius 3 is 1.84 bits per heavy atom. The van der Waals surface area contributed by atoms with Gasteiger partial charge in [-0.15, -0.1) is 15.3 Å². The van der Waals surface area contributed by atoms with Gasteiger partial charge in [-0.25, -0.2) is 0 Å². The van der Waals surface area contributed by atoms with Crippen molar-refractivity contribution in [3.8, 4) is 5.75 Å². The monoisotopic (exact) mass is 622 g/mol. The number of phenolic OH excluding ortho intramolecular Hbond substituents is 1. The van der Waals surface area contributed by atoms with Crippen LogP contribution in [0.4, 0.5) is 34.1 Å². The van der Waals surface area contributed by atoms with Gasteiger partial charge in [0.1, 0.15) is 5.75 Å². The maximum absolute atomic E-state index is 11.9. The van der Waals surface area contributed by atoms with Crippen LogP contribution in [0.25, 0.3) is 21.5 Å². The van der Waals surface area contributed by atoms with E-state index >= 15 is 0 Å². The molecule has 5 aromatic rings. The molecule has 0 aromatic heterocycles. The molecule has 0 heterocycles. The van der Waals surface area contributed by atoms with Crippen molar-refractivity contribution < 1.29 is 36.0 Å². The summed E-state index contributed by atoms with van der Waals surface area (Å²) in [5.74, 6) is -0.549. The zero-order valence-corrected chi connectivity index (χ0v) is 23.1. The Morgan fingerprint density at radius 1 is 0.651 bits per heavy atom. The second-order valence-corrected chi connectivity index (χ2v) is 11.8. The minimum atomic E-state index is -4.66. The van der Waals surface area contributed by atoms with E-state index in [2.05, 4.69) is 20.5 Å². The Bertz CT molecular complexity index is 2240. The van der Waals surface area contributed by atoms with Gasteiger partial charge in [-0.05, 0) is 54.6 Å². The molecule has 5 N–H and O–H groups in total. The molecule has 0 aliphatic heterocycles. The molecule has 5 aromatic carbocycles. The number of non-ortho nitro benzene ring substituents is 1. The summed E-state index contributed by atoms with van der Waals surface area (Å²) >= 11 is 0. The molecule has 0 atom stereocenters. The normalized spacial score (nSPS) is 12.5. The Kier molecular flexibility index (Phi) is 7.32. The van der Waals surface area contributed by atoms with Crippen LogP contribution in [0.1, 0.15) is 0 Å². The van der Waals surface area contributed by atoms with Crippen molar-refractivity contribution in [3.05, 3.63) is 89.0 Å². The minimum Gasteiger partial charge on any atom is -0.507 e. The lowest BCUT2D eigenvalue weighted by Crippen LogP contribution is -1.98. The van der Waals surface area contributed by atoms with E-state index in [1.54, 1.807) is 0 Å². The number of nitro groups is 1. The number of hydrogen-bond acceptors (Lipinski definition) is 12. The predicted octanol–water partition coefficient (Wildman–Crippen LogP) is 6.51. The number of rotatable bonds is 7. The zero-order valence-electron chi connectivity index (χ0n) is 21.4. The molecule has 5 rings (SSSR count). The van der Waals surface area contributed by atoms with Gasteiger partial charge in [0, 0.05) is 40.0 Å². The van der Waals surface area contributed by atoms with Gasteiger partial charge < -0.3 is 10.8 Å². The van der Waals surface area contributed by atoms with Gasteiger partial charge in [-0.1, -0.05) is 6.07 Å². The van der Waals surface area contributed by atoms with E-state index in [9.17, 15) is 41.2 Å². The fraction of sp³-hybridized carbons (Fsp3) is 0. The molecule has 0 aliphatic carbocycles. The fourth-order valence-corrected chi connectivity index (χ4v) is 5.20. The molecule has 0 saturated heterocycles. The summed E-state index contributed by atoms with van der Waals surface area (Å²) in [6, 6.07) is 16.6. The average molecular weight is 623 g/mol. The van der Waals surface area contributed by atoms with Crippen LogP contribution in [-0.2, 0) is 20.2 Å². The van der Waals surface area contributed by atoms with E-state index in [-0.39, 0.29) is 44.6 Å². The van der Waals surface area contributed by atoms with E-state index in [4.69, 9.17) is 5.73 Å². The van der Waals surface area contributed by atoms with Crippen LogP contribution in [-0.4, -0.2) is 36.0 Å². The molecule has 0 amide bonds. The molecular weight excluding hydrogens is 604 g/mol. The average Bonchev–Trinajstić information content (AvgIpc) is 2.95. The summed E-state index contributed by atoms with van der Waals surface area (Å²) < 4.78 is 66.0. The summed E-state index contributed by atoms with van der Waals surface area (Å²) in [6.07, 6.45) is 0. The van der Waals surface area contributed by atoms with Gasteiger partial charge in [0.15, 0.2) is 0 Å². The van der Waals surface area contributed by atoms with Crippen molar-refractivity contribution >= 4 is 75.9 Å². The second kappa shape index (κ2) is 10.8.